The van der Waals surface area contributed by atoms with Gasteiger partial charge in [0.05, 0.1) is 7.11 Å². The first kappa shape index (κ1) is 14.5. The summed E-state index contributed by atoms with van der Waals surface area (Å²) in [7, 11) is 0.887. The Morgan fingerprint density at radius 2 is 1.83 bits per heavy atom. The van der Waals surface area contributed by atoms with Crippen molar-refractivity contribution in [3.05, 3.63) is 35.9 Å². The molecule has 0 heterocycles. The lowest BCUT2D eigenvalue weighted by atomic mass is 9.91. The van der Waals surface area contributed by atoms with Crippen molar-refractivity contribution in [2.75, 3.05) is 7.11 Å². The number of hydrogen-bond donors (Lipinski definition) is 1. The predicted molar refractivity (Wildman–Crippen MR) is 59.8 cm³/mol. The number of hydrogen-bond acceptors (Lipinski definition) is 3. The summed E-state index contributed by atoms with van der Waals surface area (Å²) < 4.78 is 42.6. The van der Waals surface area contributed by atoms with Crippen LogP contribution in [-0.2, 0) is 16.0 Å². The van der Waals surface area contributed by atoms with E-state index in [1.54, 1.807) is 30.3 Å². The van der Waals surface area contributed by atoms with Crippen molar-refractivity contribution in [1.82, 2.24) is 0 Å². The second-order valence-electron chi connectivity index (χ2n) is 3.95. The van der Waals surface area contributed by atoms with Gasteiger partial charge >= 0.3 is 12.1 Å². The highest BCUT2D eigenvalue weighted by atomic mass is 19.4. The third-order valence-electron chi connectivity index (χ3n) is 2.71. The summed E-state index contributed by atoms with van der Waals surface area (Å²) in [5.41, 5.74) is 2.90. The molecule has 0 aliphatic rings. The molecule has 1 aromatic carbocycles. The number of methoxy groups -OCH3 is 1. The summed E-state index contributed by atoms with van der Waals surface area (Å²) in [4.78, 5) is 11.2. The zero-order chi connectivity index (χ0) is 13.8. The smallest absolute Gasteiger partial charge is 0.417 e. The summed E-state index contributed by atoms with van der Waals surface area (Å²) >= 11 is 0. The highest BCUT2D eigenvalue weighted by Gasteiger charge is 2.58. The molecule has 3 nitrogen and oxygen atoms in total. The number of nitrogens with two attached hydrogens (primary N) is 1. The minimum absolute atomic E-state index is 0.0476. The average Bonchev–Trinajstić information content (AvgIpc) is 2.34. The predicted octanol–water partition coefficient (Wildman–Crippen LogP) is 2.05. The molecule has 1 rings (SSSR count). The van der Waals surface area contributed by atoms with Crippen molar-refractivity contribution in [2.45, 2.75) is 24.6 Å². The van der Waals surface area contributed by atoms with Crippen LogP contribution in [0.4, 0.5) is 13.2 Å². The number of carbonyl (C=O) groups is 1. The van der Waals surface area contributed by atoms with Crippen molar-refractivity contribution in [2.24, 2.45) is 5.73 Å². The molecular formula is C12H14F3NO2. The van der Waals surface area contributed by atoms with Crippen molar-refractivity contribution in [3.63, 3.8) is 0 Å². The minimum atomic E-state index is -4.84. The van der Waals surface area contributed by atoms with E-state index in [1.807, 2.05) is 0 Å². The van der Waals surface area contributed by atoms with Gasteiger partial charge in [-0.1, -0.05) is 30.3 Å². The van der Waals surface area contributed by atoms with Crippen LogP contribution in [0.5, 0.6) is 0 Å². The van der Waals surface area contributed by atoms with E-state index in [0.29, 0.717) is 5.56 Å². The standard InChI is InChI=1S/C12H14F3NO2/c1-18-10(17)11(16,12(13,14)15)8-7-9-5-3-2-4-6-9/h2-6H,7-8,16H2,1H3/t11-/m0/s1. The number of halogens is 3. The molecule has 0 bridgehead atoms. The quantitative estimate of drug-likeness (QED) is 0.844. The van der Waals surface area contributed by atoms with Gasteiger partial charge in [0.25, 0.3) is 0 Å². The minimum Gasteiger partial charge on any atom is -0.467 e. The average molecular weight is 261 g/mol. The lowest BCUT2D eigenvalue weighted by Gasteiger charge is -2.28. The highest BCUT2D eigenvalue weighted by Crippen LogP contribution is 2.33. The maximum atomic E-state index is 12.8. The van der Waals surface area contributed by atoms with E-state index in [-0.39, 0.29) is 6.42 Å². The normalized spacial score (nSPS) is 14.9. The van der Waals surface area contributed by atoms with Gasteiger partial charge in [-0.15, -0.1) is 0 Å². The molecule has 100 valence electrons. The molecule has 0 aliphatic heterocycles. The first-order valence-corrected chi connectivity index (χ1v) is 5.29. The van der Waals surface area contributed by atoms with Crippen LogP contribution in [0.2, 0.25) is 0 Å². The van der Waals surface area contributed by atoms with E-state index in [9.17, 15) is 18.0 Å². The molecule has 6 heteroatoms. The Balaban J connectivity index is 2.84. The molecule has 0 saturated carbocycles. The third kappa shape index (κ3) is 3.01. The number of benzene rings is 1. The maximum Gasteiger partial charge on any atom is 0.417 e. The van der Waals surface area contributed by atoms with Crippen molar-refractivity contribution >= 4 is 5.97 Å². The van der Waals surface area contributed by atoms with Gasteiger partial charge in [0.1, 0.15) is 0 Å². The molecule has 0 amide bonds. The van der Waals surface area contributed by atoms with E-state index >= 15 is 0 Å². The molecule has 2 N–H and O–H groups in total. The zero-order valence-corrected chi connectivity index (χ0v) is 9.83. The molecule has 0 aromatic heterocycles. The summed E-state index contributed by atoms with van der Waals surface area (Å²) in [6, 6.07) is 8.52. The van der Waals surface area contributed by atoms with Gasteiger partial charge in [0.2, 0.25) is 5.54 Å². The monoisotopic (exact) mass is 261 g/mol. The van der Waals surface area contributed by atoms with Crippen LogP contribution >= 0.6 is 0 Å². The Morgan fingerprint density at radius 1 is 1.28 bits per heavy atom. The molecule has 0 saturated heterocycles. The van der Waals surface area contributed by atoms with Crippen molar-refractivity contribution < 1.29 is 22.7 Å². The van der Waals surface area contributed by atoms with E-state index in [4.69, 9.17) is 5.73 Å². The molecule has 0 radical (unpaired) electrons. The van der Waals surface area contributed by atoms with Crippen LogP contribution in [0.3, 0.4) is 0 Å². The van der Waals surface area contributed by atoms with E-state index in [2.05, 4.69) is 4.74 Å². The maximum absolute atomic E-state index is 12.8. The van der Waals surface area contributed by atoms with Crippen molar-refractivity contribution in [3.8, 4) is 0 Å². The summed E-state index contributed by atoms with van der Waals surface area (Å²) in [6.45, 7) is 0. The van der Waals surface area contributed by atoms with Crippen LogP contribution in [-0.4, -0.2) is 24.8 Å². The number of ether oxygens (including phenoxy) is 1. The largest absolute Gasteiger partial charge is 0.467 e. The van der Waals surface area contributed by atoms with Crippen molar-refractivity contribution in [1.29, 1.82) is 0 Å². The zero-order valence-electron chi connectivity index (χ0n) is 9.83. The van der Waals surface area contributed by atoms with E-state index < -0.39 is 24.1 Å². The number of aryl methyl sites for hydroxylation is 1. The van der Waals surface area contributed by atoms with E-state index in [1.165, 1.54) is 0 Å². The Bertz CT molecular complexity index is 406. The molecule has 1 aromatic rings. The number of rotatable bonds is 4. The van der Waals surface area contributed by atoms with Gasteiger partial charge in [0, 0.05) is 0 Å². The first-order valence-electron chi connectivity index (χ1n) is 5.29. The van der Waals surface area contributed by atoms with Gasteiger partial charge in [-0.2, -0.15) is 13.2 Å². The number of carbonyl (C=O) groups excluding carboxylic acids is 1. The van der Waals surface area contributed by atoms with E-state index in [0.717, 1.165) is 7.11 Å². The van der Waals surface area contributed by atoms with Gasteiger partial charge in [-0.25, -0.2) is 4.79 Å². The van der Waals surface area contributed by atoms with Gasteiger partial charge in [-0.05, 0) is 18.4 Å². The summed E-state index contributed by atoms with van der Waals surface area (Å²) in [5, 5.41) is 0. The van der Waals surface area contributed by atoms with Crippen LogP contribution in [0.1, 0.15) is 12.0 Å². The fourth-order valence-electron chi connectivity index (χ4n) is 1.53. The molecule has 0 spiro atoms. The number of esters is 1. The summed E-state index contributed by atoms with van der Waals surface area (Å²) in [5.74, 6) is -1.47. The Hall–Kier alpha value is -1.56. The molecule has 1 atom stereocenters. The Labute approximate surface area is 103 Å². The lowest BCUT2D eigenvalue weighted by Crippen LogP contribution is -2.60. The SMILES string of the molecule is COC(=O)[C@@](N)(CCc1ccccc1)C(F)(F)F. The van der Waals surface area contributed by atoms with Crippen LogP contribution in [0.25, 0.3) is 0 Å². The van der Waals surface area contributed by atoms with Crippen LogP contribution < -0.4 is 5.73 Å². The highest BCUT2D eigenvalue weighted by molar-refractivity contribution is 5.81. The molecule has 18 heavy (non-hydrogen) atoms. The Kier molecular flexibility index (Phi) is 4.34. The molecule has 0 aliphatic carbocycles. The van der Waals surface area contributed by atoms with Gasteiger partial charge in [-0.3, -0.25) is 0 Å². The lowest BCUT2D eigenvalue weighted by molar-refractivity contribution is -0.205. The van der Waals surface area contributed by atoms with Crippen LogP contribution in [0, 0.1) is 0 Å². The van der Waals surface area contributed by atoms with Gasteiger partial charge < -0.3 is 10.5 Å². The Morgan fingerprint density at radius 3 is 2.28 bits per heavy atom. The number of alkyl halides is 3. The molecular weight excluding hydrogens is 247 g/mol. The first-order chi connectivity index (χ1) is 8.31. The second-order valence-corrected chi connectivity index (χ2v) is 3.95. The fourth-order valence-corrected chi connectivity index (χ4v) is 1.53. The third-order valence-corrected chi connectivity index (χ3v) is 2.71. The topological polar surface area (TPSA) is 52.3 Å². The van der Waals surface area contributed by atoms with Crippen LogP contribution in [0.15, 0.2) is 30.3 Å². The second kappa shape index (κ2) is 5.39. The summed E-state index contributed by atoms with van der Waals surface area (Å²) in [6.07, 6.45) is -5.34. The van der Waals surface area contributed by atoms with Gasteiger partial charge in [0.15, 0.2) is 0 Å². The fraction of sp³-hybridized carbons (Fsp3) is 0.417. The molecule has 0 fully saturated rings. The molecule has 0 unspecified atom stereocenters.